The van der Waals surface area contributed by atoms with Gasteiger partial charge in [-0.15, -0.1) is 0 Å². The lowest BCUT2D eigenvalue weighted by Gasteiger charge is -2.35. The van der Waals surface area contributed by atoms with Gasteiger partial charge in [0.1, 0.15) is 6.17 Å². The van der Waals surface area contributed by atoms with Crippen molar-refractivity contribution in [2.24, 2.45) is 0 Å². The van der Waals surface area contributed by atoms with E-state index in [-0.39, 0.29) is 12.6 Å². The van der Waals surface area contributed by atoms with Crippen LogP contribution in [0.3, 0.4) is 0 Å². The highest BCUT2D eigenvalue weighted by Crippen LogP contribution is 2.22. The fourth-order valence-electron chi connectivity index (χ4n) is 2.32. The highest BCUT2D eigenvalue weighted by Gasteiger charge is 2.31. The lowest BCUT2D eigenvalue weighted by molar-refractivity contribution is 0.0736. The fourth-order valence-corrected chi connectivity index (χ4v) is 2.32. The molecule has 0 aliphatic carbocycles. The third-order valence-electron chi connectivity index (χ3n) is 3.21. The van der Waals surface area contributed by atoms with Crippen molar-refractivity contribution in [2.75, 3.05) is 6.54 Å². The molecule has 0 saturated carbocycles. The first-order chi connectivity index (χ1) is 8.16. The Morgan fingerprint density at radius 2 is 2.06 bits per heavy atom. The SMILES string of the molecule is O=C(O)N1CC(F)CCC1Cc1ccccc1. The van der Waals surface area contributed by atoms with Gasteiger partial charge in [-0.25, -0.2) is 9.18 Å². The van der Waals surface area contributed by atoms with Gasteiger partial charge < -0.3 is 10.0 Å². The quantitative estimate of drug-likeness (QED) is 0.859. The molecule has 0 aromatic heterocycles. The van der Waals surface area contributed by atoms with E-state index in [0.717, 1.165) is 5.56 Å². The first kappa shape index (κ1) is 11.9. The average Bonchev–Trinajstić information content (AvgIpc) is 2.32. The van der Waals surface area contributed by atoms with Crippen LogP contribution < -0.4 is 0 Å². The number of halogens is 1. The molecule has 1 saturated heterocycles. The summed E-state index contributed by atoms with van der Waals surface area (Å²) in [6.07, 6.45) is -0.310. The maximum atomic E-state index is 13.2. The molecule has 2 rings (SSSR count). The summed E-state index contributed by atoms with van der Waals surface area (Å²) in [4.78, 5) is 12.3. The van der Waals surface area contributed by atoms with Gasteiger partial charge in [0.05, 0.1) is 6.54 Å². The molecular weight excluding hydrogens is 221 g/mol. The molecule has 1 N–H and O–H groups in total. The van der Waals surface area contributed by atoms with Gasteiger partial charge in [-0.2, -0.15) is 0 Å². The van der Waals surface area contributed by atoms with Crippen LogP contribution in [0.4, 0.5) is 9.18 Å². The summed E-state index contributed by atoms with van der Waals surface area (Å²) in [5, 5.41) is 9.06. The van der Waals surface area contributed by atoms with Crippen LogP contribution in [0.15, 0.2) is 30.3 Å². The van der Waals surface area contributed by atoms with E-state index in [0.29, 0.717) is 19.3 Å². The average molecular weight is 237 g/mol. The number of alkyl halides is 1. The highest BCUT2D eigenvalue weighted by atomic mass is 19.1. The standard InChI is InChI=1S/C13H16FNO2/c14-11-6-7-12(15(9-11)13(16)17)8-10-4-2-1-3-5-10/h1-5,11-12H,6-9H2,(H,16,17). The largest absolute Gasteiger partial charge is 0.465 e. The van der Waals surface area contributed by atoms with E-state index in [4.69, 9.17) is 5.11 Å². The van der Waals surface area contributed by atoms with E-state index in [1.165, 1.54) is 4.90 Å². The molecule has 1 aromatic rings. The summed E-state index contributed by atoms with van der Waals surface area (Å²) in [5.74, 6) is 0. The second-order valence-corrected chi connectivity index (χ2v) is 4.45. The summed E-state index contributed by atoms with van der Waals surface area (Å²) in [6, 6.07) is 9.64. The normalized spacial score (nSPS) is 24.6. The van der Waals surface area contributed by atoms with Crippen molar-refractivity contribution in [2.45, 2.75) is 31.5 Å². The Morgan fingerprint density at radius 1 is 1.35 bits per heavy atom. The molecule has 2 unspecified atom stereocenters. The van der Waals surface area contributed by atoms with Crippen LogP contribution >= 0.6 is 0 Å². The number of hydrogen-bond acceptors (Lipinski definition) is 1. The molecule has 3 nitrogen and oxygen atoms in total. The maximum Gasteiger partial charge on any atom is 0.407 e. The van der Waals surface area contributed by atoms with Crippen LogP contribution in [0.2, 0.25) is 0 Å². The molecule has 17 heavy (non-hydrogen) atoms. The monoisotopic (exact) mass is 237 g/mol. The van der Waals surface area contributed by atoms with Crippen molar-refractivity contribution in [3.8, 4) is 0 Å². The molecule has 1 amide bonds. The van der Waals surface area contributed by atoms with Crippen LogP contribution in [0, 0.1) is 0 Å². The molecule has 4 heteroatoms. The van der Waals surface area contributed by atoms with E-state index in [9.17, 15) is 9.18 Å². The van der Waals surface area contributed by atoms with Crippen LogP contribution in [-0.4, -0.2) is 34.9 Å². The van der Waals surface area contributed by atoms with E-state index >= 15 is 0 Å². The second kappa shape index (κ2) is 5.17. The maximum absolute atomic E-state index is 13.2. The minimum atomic E-state index is -1.02. The molecule has 2 atom stereocenters. The third-order valence-corrected chi connectivity index (χ3v) is 3.21. The number of likely N-dealkylation sites (tertiary alicyclic amines) is 1. The van der Waals surface area contributed by atoms with Gasteiger partial charge in [0.25, 0.3) is 0 Å². The zero-order valence-electron chi connectivity index (χ0n) is 9.55. The number of carboxylic acid groups (broad SMARTS) is 1. The number of piperidine rings is 1. The van der Waals surface area contributed by atoms with Crippen LogP contribution in [0.1, 0.15) is 18.4 Å². The molecule has 0 radical (unpaired) electrons. The van der Waals surface area contributed by atoms with Crippen LogP contribution in [0.25, 0.3) is 0 Å². The highest BCUT2D eigenvalue weighted by molar-refractivity contribution is 5.65. The minimum Gasteiger partial charge on any atom is -0.465 e. The van der Waals surface area contributed by atoms with Crippen molar-refractivity contribution in [1.29, 1.82) is 0 Å². The Bertz CT molecular complexity index is 382. The van der Waals surface area contributed by atoms with Crippen molar-refractivity contribution in [1.82, 2.24) is 4.90 Å². The number of amides is 1. The lowest BCUT2D eigenvalue weighted by Crippen LogP contribution is -2.48. The molecule has 0 spiro atoms. The van der Waals surface area contributed by atoms with E-state index < -0.39 is 12.3 Å². The van der Waals surface area contributed by atoms with Crippen molar-refractivity contribution in [3.63, 3.8) is 0 Å². The zero-order valence-corrected chi connectivity index (χ0v) is 9.55. The number of carbonyl (C=O) groups is 1. The molecule has 1 aromatic carbocycles. The molecule has 1 heterocycles. The number of hydrogen-bond donors (Lipinski definition) is 1. The van der Waals surface area contributed by atoms with Gasteiger partial charge in [-0.1, -0.05) is 30.3 Å². The second-order valence-electron chi connectivity index (χ2n) is 4.45. The Hall–Kier alpha value is -1.58. The van der Waals surface area contributed by atoms with E-state index in [2.05, 4.69) is 0 Å². The first-order valence-electron chi connectivity index (χ1n) is 5.84. The Labute approximate surface area is 99.9 Å². The molecule has 92 valence electrons. The van der Waals surface area contributed by atoms with Gasteiger partial charge >= 0.3 is 6.09 Å². The number of nitrogens with zero attached hydrogens (tertiary/aromatic N) is 1. The molecule has 1 fully saturated rings. The molecule has 1 aliphatic rings. The van der Waals surface area contributed by atoms with E-state index in [1.807, 2.05) is 30.3 Å². The lowest BCUT2D eigenvalue weighted by atomic mass is 9.95. The van der Waals surface area contributed by atoms with Crippen LogP contribution in [-0.2, 0) is 6.42 Å². The Kier molecular flexibility index (Phi) is 3.61. The molecular formula is C13H16FNO2. The van der Waals surface area contributed by atoms with Gasteiger partial charge in [0.15, 0.2) is 0 Å². The summed E-state index contributed by atoms with van der Waals surface area (Å²) >= 11 is 0. The minimum absolute atomic E-state index is 0.00678. The Balaban J connectivity index is 2.06. The van der Waals surface area contributed by atoms with Crippen LogP contribution in [0.5, 0.6) is 0 Å². The number of rotatable bonds is 2. The van der Waals surface area contributed by atoms with Crippen molar-refractivity contribution in [3.05, 3.63) is 35.9 Å². The predicted octanol–water partition coefficient (Wildman–Crippen LogP) is 2.71. The molecule has 0 bridgehead atoms. The smallest absolute Gasteiger partial charge is 0.407 e. The number of benzene rings is 1. The predicted molar refractivity (Wildman–Crippen MR) is 62.8 cm³/mol. The van der Waals surface area contributed by atoms with E-state index in [1.54, 1.807) is 0 Å². The summed E-state index contributed by atoms with van der Waals surface area (Å²) in [6.45, 7) is 0.00678. The van der Waals surface area contributed by atoms with Gasteiger partial charge in [0, 0.05) is 6.04 Å². The zero-order chi connectivity index (χ0) is 12.3. The van der Waals surface area contributed by atoms with Gasteiger partial charge in [0.2, 0.25) is 0 Å². The Morgan fingerprint density at radius 3 is 2.71 bits per heavy atom. The fraction of sp³-hybridized carbons (Fsp3) is 0.462. The first-order valence-corrected chi connectivity index (χ1v) is 5.84. The van der Waals surface area contributed by atoms with Crippen molar-refractivity contribution < 1.29 is 14.3 Å². The summed E-state index contributed by atoms with van der Waals surface area (Å²) < 4.78 is 13.2. The molecule has 1 aliphatic heterocycles. The third kappa shape index (κ3) is 2.96. The van der Waals surface area contributed by atoms with Gasteiger partial charge in [-0.3, -0.25) is 0 Å². The topological polar surface area (TPSA) is 40.5 Å². The summed E-state index contributed by atoms with van der Waals surface area (Å²) in [7, 11) is 0. The van der Waals surface area contributed by atoms with Crippen molar-refractivity contribution >= 4 is 6.09 Å². The summed E-state index contributed by atoms with van der Waals surface area (Å²) in [5.41, 5.74) is 1.10. The van der Waals surface area contributed by atoms with Gasteiger partial charge in [-0.05, 0) is 24.8 Å².